The van der Waals surface area contributed by atoms with Crippen LogP contribution in [0.2, 0.25) is 0 Å². The lowest BCUT2D eigenvalue weighted by Gasteiger charge is -2.46. The number of likely N-dealkylation sites (tertiary alicyclic amines) is 1. The van der Waals surface area contributed by atoms with Gasteiger partial charge in [0.1, 0.15) is 5.41 Å². The molecule has 0 aromatic heterocycles. The summed E-state index contributed by atoms with van der Waals surface area (Å²) in [5, 5.41) is 9.04. The third-order valence-electron chi connectivity index (χ3n) is 2.71. The van der Waals surface area contributed by atoms with Crippen molar-refractivity contribution in [3.8, 4) is 0 Å². The number of carboxylic acid groups (broad SMARTS) is 1. The third-order valence-corrected chi connectivity index (χ3v) is 2.71. The van der Waals surface area contributed by atoms with Crippen LogP contribution in [-0.2, 0) is 9.59 Å². The minimum Gasteiger partial charge on any atom is -0.481 e. The van der Waals surface area contributed by atoms with Crippen LogP contribution in [0.3, 0.4) is 0 Å². The Kier molecular flexibility index (Phi) is 2.93. The molecule has 1 amide bonds. The molecule has 0 radical (unpaired) electrons. The van der Waals surface area contributed by atoms with Gasteiger partial charge in [-0.15, -0.1) is 6.58 Å². The van der Waals surface area contributed by atoms with E-state index in [2.05, 4.69) is 6.58 Å². The largest absolute Gasteiger partial charge is 0.481 e. The standard InChI is InChI=1S/C10H15NO3/c1-3-4-5-10(9(13)14)6-11(7-10)8(2)12/h3H,1,4-7H2,2H3,(H,13,14). The maximum atomic E-state index is 11.0. The number of carbonyl (C=O) groups excluding carboxylic acids is 1. The highest BCUT2D eigenvalue weighted by molar-refractivity contribution is 5.82. The molecule has 1 saturated heterocycles. The number of rotatable bonds is 4. The van der Waals surface area contributed by atoms with E-state index in [1.165, 1.54) is 6.92 Å². The molecule has 14 heavy (non-hydrogen) atoms. The summed E-state index contributed by atoms with van der Waals surface area (Å²) in [6.45, 7) is 5.70. The Morgan fingerprint density at radius 1 is 1.57 bits per heavy atom. The molecule has 0 aliphatic carbocycles. The second-order valence-corrected chi connectivity index (χ2v) is 3.79. The molecule has 0 unspecified atom stereocenters. The van der Waals surface area contributed by atoms with Crippen LogP contribution in [0.15, 0.2) is 12.7 Å². The van der Waals surface area contributed by atoms with Crippen LogP contribution in [0, 0.1) is 5.41 Å². The molecule has 1 rings (SSSR count). The Labute approximate surface area is 83.2 Å². The number of hydrogen-bond acceptors (Lipinski definition) is 2. The summed E-state index contributed by atoms with van der Waals surface area (Å²) in [5.74, 6) is -0.864. The Morgan fingerprint density at radius 3 is 2.50 bits per heavy atom. The fourth-order valence-electron chi connectivity index (χ4n) is 1.69. The number of allylic oxidation sites excluding steroid dienone is 1. The summed E-state index contributed by atoms with van der Waals surface area (Å²) in [4.78, 5) is 23.5. The predicted octanol–water partition coefficient (Wildman–Crippen LogP) is 0.886. The smallest absolute Gasteiger partial charge is 0.313 e. The third kappa shape index (κ3) is 1.78. The van der Waals surface area contributed by atoms with Gasteiger partial charge in [0.05, 0.1) is 0 Å². The van der Waals surface area contributed by atoms with Gasteiger partial charge in [0.15, 0.2) is 0 Å². The average molecular weight is 197 g/mol. The molecule has 0 aromatic rings. The number of amides is 1. The van der Waals surface area contributed by atoms with E-state index in [-0.39, 0.29) is 5.91 Å². The van der Waals surface area contributed by atoms with Crippen molar-refractivity contribution in [3.63, 3.8) is 0 Å². The molecule has 1 aliphatic rings. The molecule has 0 bridgehead atoms. The van der Waals surface area contributed by atoms with Crippen LogP contribution >= 0.6 is 0 Å². The summed E-state index contributed by atoms with van der Waals surface area (Å²) in [6, 6.07) is 0. The lowest BCUT2D eigenvalue weighted by Crippen LogP contribution is -2.61. The first-order chi connectivity index (χ1) is 6.52. The van der Waals surface area contributed by atoms with Crippen LogP contribution < -0.4 is 0 Å². The van der Waals surface area contributed by atoms with Crippen molar-refractivity contribution in [2.45, 2.75) is 19.8 Å². The molecule has 1 N–H and O–H groups in total. The van der Waals surface area contributed by atoms with Crippen molar-refractivity contribution in [2.75, 3.05) is 13.1 Å². The lowest BCUT2D eigenvalue weighted by atomic mass is 9.76. The monoisotopic (exact) mass is 197 g/mol. The van der Waals surface area contributed by atoms with Gasteiger partial charge in [-0.2, -0.15) is 0 Å². The molecule has 0 spiro atoms. The molecule has 78 valence electrons. The Morgan fingerprint density at radius 2 is 2.14 bits per heavy atom. The van der Waals surface area contributed by atoms with E-state index in [9.17, 15) is 9.59 Å². The maximum absolute atomic E-state index is 11.0. The van der Waals surface area contributed by atoms with Crippen molar-refractivity contribution in [2.24, 2.45) is 5.41 Å². The first-order valence-electron chi connectivity index (χ1n) is 4.62. The molecule has 4 nitrogen and oxygen atoms in total. The normalized spacial score (nSPS) is 18.5. The highest BCUT2D eigenvalue weighted by Crippen LogP contribution is 2.35. The van der Waals surface area contributed by atoms with Gasteiger partial charge in [-0.05, 0) is 12.8 Å². The fraction of sp³-hybridized carbons (Fsp3) is 0.600. The van der Waals surface area contributed by atoms with Gasteiger partial charge in [-0.25, -0.2) is 0 Å². The van der Waals surface area contributed by atoms with E-state index in [0.29, 0.717) is 25.9 Å². The number of carboxylic acids is 1. The number of hydrogen-bond donors (Lipinski definition) is 1. The molecule has 0 atom stereocenters. The van der Waals surface area contributed by atoms with Crippen LogP contribution in [0.4, 0.5) is 0 Å². The van der Waals surface area contributed by atoms with Gasteiger partial charge < -0.3 is 10.0 Å². The first kappa shape index (κ1) is 10.8. The van der Waals surface area contributed by atoms with E-state index in [1.54, 1.807) is 11.0 Å². The highest BCUT2D eigenvalue weighted by Gasteiger charge is 2.49. The summed E-state index contributed by atoms with van der Waals surface area (Å²) >= 11 is 0. The van der Waals surface area contributed by atoms with Crippen LogP contribution in [-0.4, -0.2) is 35.0 Å². The second kappa shape index (κ2) is 3.82. The maximum Gasteiger partial charge on any atom is 0.313 e. The van der Waals surface area contributed by atoms with Crippen LogP contribution in [0.25, 0.3) is 0 Å². The Hall–Kier alpha value is -1.32. The minimum absolute atomic E-state index is 0.0551. The minimum atomic E-state index is -0.808. The second-order valence-electron chi connectivity index (χ2n) is 3.79. The van der Waals surface area contributed by atoms with E-state index in [1.807, 2.05) is 0 Å². The zero-order valence-corrected chi connectivity index (χ0v) is 8.32. The number of nitrogens with zero attached hydrogens (tertiary/aromatic N) is 1. The number of aliphatic carboxylic acids is 1. The SMILES string of the molecule is C=CCCC1(C(=O)O)CN(C(C)=O)C1. The van der Waals surface area contributed by atoms with Crippen LogP contribution in [0.1, 0.15) is 19.8 Å². The summed E-state index contributed by atoms with van der Waals surface area (Å²) < 4.78 is 0. The van der Waals surface area contributed by atoms with Gasteiger partial charge in [-0.1, -0.05) is 6.08 Å². The molecule has 1 aliphatic heterocycles. The van der Waals surface area contributed by atoms with Gasteiger partial charge in [0.25, 0.3) is 0 Å². The quantitative estimate of drug-likeness (QED) is 0.681. The van der Waals surface area contributed by atoms with Crippen LogP contribution in [0.5, 0.6) is 0 Å². The van der Waals surface area contributed by atoms with Gasteiger partial charge >= 0.3 is 5.97 Å². The summed E-state index contributed by atoms with van der Waals surface area (Å²) in [6.07, 6.45) is 2.95. The Bertz CT molecular complexity index is 267. The summed E-state index contributed by atoms with van der Waals surface area (Å²) in [7, 11) is 0. The van der Waals surface area contributed by atoms with Crippen molar-refractivity contribution in [1.29, 1.82) is 0 Å². The topological polar surface area (TPSA) is 57.6 Å². The highest BCUT2D eigenvalue weighted by atomic mass is 16.4. The number of carbonyl (C=O) groups is 2. The van der Waals surface area contributed by atoms with Crippen molar-refractivity contribution in [1.82, 2.24) is 4.90 Å². The zero-order chi connectivity index (χ0) is 10.8. The molecular formula is C10H15NO3. The molecule has 0 saturated carbocycles. The molecular weight excluding hydrogens is 182 g/mol. The van der Waals surface area contributed by atoms with E-state index in [0.717, 1.165) is 0 Å². The molecule has 0 aromatic carbocycles. The molecule has 1 heterocycles. The lowest BCUT2D eigenvalue weighted by molar-refractivity contribution is -0.165. The van der Waals surface area contributed by atoms with Crippen molar-refractivity contribution < 1.29 is 14.7 Å². The van der Waals surface area contributed by atoms with E-state index in [4.69, 9.17) is 5.11 Å². The van der Waals surface area contributed by atoms with Gasteiger partial charge in [0.2, 0.25) is 5.91 Å². The molecule has 1 fully saturated rings. The average Bonchev–Trinajstić information content (AvgIpc) is 2.01. The predicted molar refractivity (Wildman–Crippen MR) is 51.8 cm³/mol. The van der Waals surface area contributed by atoms with Gasteiger partial charge in [-0.3, -0.25) is 9.59 Å². The summed E-state index contributed by atoms with van der Waals surface area (Å²) in [5.41, 5.74) is -0.722. The van der Waals surface area contributed by atoms with Crippen molar-refractivity contribution in [3.05, 3.63) is 12.7 Å². The van der Waals surface area contributed by atoms with Gasteiger partial charge in [0, 0.05) is 20.0 Å². The van der Waals surface area contributed by atoms with Crippen molar-refractivity contribution >= 4 is 11.9 Å². The van der Waals surface area contributed by atoms with E-state index >= 15 is 0 Å². The fourth-order valence-corrected chi connectivity index (χ4v) is 1.69. The molecule has 4 heteroatoms. The Balaban J connectivity index is 2.57. The zero-order valence-electron chi connectivity index (χ0n) is 8.32. The van der Waals surface area contributed by atoms with E-state index < -0.39 is 11.4 Å². The first-order valence-corrected chi connectivity index (χ1v) is 4.62.